The first kappa shape index (κ1) is 19.7. The topological polar surface area (TPSA) is 108 Å². The molecule has 0 atom stereocenters. The Kier molecular flexibility index (Phi) is 5.29. The molecule has 148 valence electrons. The fourth-order valence-corrected chi connectivity index (χ4v) is 3.33. The van der Waals surface area contributed by atoms with E-state index in [2.05, 4.69) is 4.98 Å². The summed E-state index contributed by atoms with van der Waals surface area (Å²) >= 11 is 0. The van der Waals surface area contributed by atoms with Gasteiger partial charge in [-0.15, -0.1) is 0 Å². The molecule has 0 saturated carbocycles. The Labute approximate surface area is 163 Å². The standard InChI is InChI=1S/C21H24N2O5/c1-12-16(19(22)25)17-14(28-12)7-8-15(18(17)21(2,3)11-24)27-10-13-6-5-9-23-20(13)26-4/h5-9,24H,10-11H2,1-4H3,(H2,22,25). The number of hydrogen-bond donors (Lipinski definition) is 2. The van der Waals surface area contributed by atoms with Crippen molar-refractivity contribution in [2.45, 2.75) is 32.8 Å². The van der Waals surface area contributed by atoms with Crippen molar-refractivity contribution in [2.75, 3.05) is 13.7 Å². The number of aromatic nitrogens is 1. The van der Waals surface area contributed by atoms with E-state index in [9.17, 15) is 9.90 Å². The van der Waals surface area contributed by atoms with Gasteiger partial charge >= 0.3 is 0 Å². The van der Waals surface area contributed by atoms with Gasteiger partial charge in [-0.25, -0.2) is 4.98 Å². The summed E-state index contributed by atoms with van der Waals surface area (Å²) in [6, 6.07) is 7.17. The number of fused-ring (bicyclic) bond motifs is 1. The summed E-state index contributed by atoms with van der Waals surface area (Å²) in [5.74, 6) is 0.852. The number of carbonyl (C=O) groups excluding carboxylic acids is 1. The molecule has 0 saturated heterocycles. The zero-order valence-corrected chi connectivity index (χ0v) is 16.4. The van der Waals surface area contributed by atoms with Crippen molar-refractivity contribution in [1.29, 1.82) is 0 Å². The Morgan fingerprint density at radius 1 is 1.32 bits per heavy atom. The van der Waals surface area contributed by atoms with Gasteiger partial charge in [0.15, 0.2) is 0 Å². The number of nitrogens with zero attached hydrogens (tertiary/aromatic N) is 1. The first-order valence-corrected chi connectivity index (χ1v) is 8.88. The molecule has 0 fully saturated rings. The molecular formula is C21H24N2O5. The van der Waals surface area contributed by atoms with E-state index < -0.39 is 11.3 Å². The molecule has 2 aromatic heterocycles. The van der Waals surface area contributed by atoms with Gasteiger partial charge < -0.3 is 24.7 Å². The average Bonchev–Trinajstić information content (AvgIpc) is 3.01. The van der Waals surface area contributed by atoms with Crippen LogP contribution in [0.4, 0.5) is 0 Å². The van der Waals surface area contributed by atoms with Gasteiger partial charge in [-0.2, -0.15) is 0 Å². The van der Waals surface area contributed by atoms with Crippen molar-refractivity contribution in [2.24, 2.45) is 5.73 Å². The third kappa shape index (κ3) is 3.41. The highest BCUT2D eigenvalue weighted by Crippen LogP contribution is 2.41. The van der Waals surface area contributed by atoms with Gasteiger partial charge in [0.1, 0.15) is 23.7 Å². The van der Waals surface area contributed by atoms with Crippen molar-refractivity contribution in [3.8, 4) is 11.6 Å². The fraction of sp³-hybridized carbons (Fsp3) is 0.333. The maximum Gasteiger partial charge on any atom is 0.252 e. The van der Waals surface area contributed by atoms with Crippen LogP contribution in [-0.2, 0) is 12.0 Å². The van der Waals surface area contributed by atoms with E-state index in [1.165, 1.54) is 0 Å². The number of methoxy groups -OCH3 is 1. The molecule has 7 heteroatoms. The Bertz CT molecular complexity index is 1020. The number of aliphatic hydroxyl groups excluding tert-OH is 1. The number of amides is 1. The predicted octanol–water partition coefficient (Wildman–Crippen LogP) is 3.09. The molecule has 3 rings (SSSR count). The molecule has 0 aliphatic heterocycles. The molecule has 1 aromatic carbocycles. The largest absolute Gasteiger partial charge is 0.488 e. The van der Waals surface area contributed by atoms with Gasteiger partial charge in [0.25, 0.3) is 5.91 Å². The van der Waals surface area contributed by atoms with Gasteiger partial charge in [0.2, 0.25) is 5.88 Å². The normalized spacial score (nSPS) is 11.6. The summed E-state index contributed by atoms with van der Waals surface area (Å²) in [5.41, 5.74) is 7.17. The number of furan rings is 1. The van der Waals surface area contributed by atoms with Crippen molar-refractivity contribution in [1.82, 2.24) is 4.98 Å². The van der Waals surface area contributed by atoms with Crippen LogP contribution in [0.15, 0.2) is 34.9 Å². The Morgan fingerprint density at radius 2 is 2.07 bits per heavy atom. The smallest absolute Gasteiger partial charge is 0.252 e. The molecule has 0 aliphatic rings. The van der Waals surface area contributed by atoms with Crippen LogP contribution in [-0.4, -0.2) is 29.7 Å². The lowest BCUT2D eigenvalue weighted by atomic mass is 9.81. The molecule has 0 unspecified atom stereocenters. The van der Waals surface area contributed by atoms with Gasteiger partial charge in [0, 0.05) is 22.6 Å². The Hall–Kier alpha value is -3.06. The van der Waals surface area contributed by atoms with E-state index in [4.69, 9.17) is 19.6 Å². The van der Waals surface area contributed by atoms with E-state index in [0.29, 0.717) is 39.5 Å². The van der Waals surface area contributed by atoms with Crippen LogP contribution in [0.25, 0.3) is 11.0 Å². The first-order valence-electron chi connectivity index (χ1n) is 8.88. The molecule has 3 N–H and O–H groups in total. The monoisotopic (exact) mass is 384 g/mol. The van der Waals surface area contributed by atoms with Crippen molar-refractivity contribution < 1.29 is 23.8 Å². The van der Waals surface area contributed by atoms with E-state index in [-0.39, 0.29) is 13.2 Å². The van der Waals surface area contributed by atoms with Gasteiger partial charge in [-0.05, 0) is 31.2 Å². The van der Waals surface area contributed by atoms with Crippen LogP contribution < -0.4 is 15.2 Å². The predicted molar refractivity (Wildman–Crippen MR) is 105 cm³/mol. The number of nitrogens with two attached hydrogens (primary N) is 1. The zero-order chi connectivity index (χ0) is 20.5. The van der Waals surface area contributed by atoms with Crippen LogP contribution in [0.1, 0.15) is 41.1 Å². The number of rotatable bonds is 7. The highest BCUT2D eigenvalue weighted by atomic mass is 16.5. The highest BCUT2D eigenvalue weighted by molar-refractivity contribution is 6.08. The van der Waals surface area contributed by atoms with Crippen LogP contribution in [0.5, 0.6) is 11.6 Å². The Morgan fingerprint density at radius 3 is 2.71 bits per heavy atom. The average molecular weight is 384 g/mol. The minimum absolute atomic E-state index is 0.152. The second-order valence-corrected chi connectivity index (χ2v) is 7.21. The second-order valence-electron chi connectivity index (χ2n) is 7.21. The third-order valence-electron chi connectivity index (χ3n) is 4.74. The number of aryl methyl sites for hydroxylation is 1. The summed E-state index contributed by atoms with van der Waals surface area (Å²) in [6.07, 6.45) is 1.64. The minimum Gasteiger partial charge on any atom is -0.488 e. The maximum absolute atomic E-state index is 12.1. The molecular weight excluding hydrogens is 360 g/mol. The molecule has 0 spiro atoms. The quantitative estimate of drug-likeness (QED) is 0.648. The molecule has 0 aliphatic carbocycles. The molecule has 3 aromatic rings. The van der Waals surface area contributed by atoms with Crippen molar-refractivity contribution in [3.05, 3.63) is 52.9 Å². The van der Waals surface area contributed by atoms with Crippen molar-refractivity contribution >= 4 is 16.9 Å². The van der Waals surface area contributed by atoms with Crippen molar-refractivity contribution in [3.63, 3.8) is 0 Å². The molecule has 28 heavy (non-hydrogen) atoms. The lowest BCUT2D eigenvalue weighted by Gasteiger charge is -2.26. The summed E-state index contributed by atoms with van der Waals surface area (Å²) in [6.45, 7) is 5.48. The minimum atomic E-state index is -0.700. The van der Waals surface area contributed by atoms with Gasteiger partial charge in [-0.1, -0.05) is 13.8 Å². The van der Waals surface area contributed by atoms with Crippen LogP contribution >= 0.6 is 0 Å². The number of primary amides is 1. The molecule has 1 amide bonds. The lowest BCUT2D eigenvalue weighted by Crippen LogP contribution is -2.24. The number of pyridine rings is 1. The summed E-state index contributed by atoms with van der Waals surface area (Å²) in [7, 11) is 1.55. The molecule has 2 heterocycles. The number of benzene rings is 1. The van der Waals surface area contributed by atoms with Crippen LogP contribution in [0.3, 0.4) is 0 Å². The van der Waals surface area contributed by atoms with E-state index in [1.807, 2.05) is 19.9 Å². The summed E-state index contributed by atoms with van der Waals surface area (Å²) in [5, 5.41) is 10.6. The van der Waals surface area contributed by atoms with Crippen LogP contribution in [0, 0.1) is 6.92 Å². The summed E-state index contributed by atoms with van der Waals surface area (Å²) < 4.78 is 17.1. The SMILES string of the molecule is COc1ncccc1COc1ccc2oc(C)c(C(N)=O)c2c1C(C)(C)CO. The van der Waals surface area contributed by atoms with Crippen LogP contribution in [0.2, 0.25) is 0 Å². The molecule has 7 nitrogen and oxygen atoms in total. The Balaban J connectivity index is 2.15. The van der Waals surface area contributed by atoms with E-state index >= 15 is 0 Å². The van der Waals surface area contributed by atoms with Gasteiger partial charge in [-0.3, -0.25) is 4.79 Å². The molecule has 0 radical (unpaired) electrons. The maximum atomic E-state index is 12.1. The summed E-state index contributed by atoms with van der Waals surface area (Å²) in [4.78, 5) is 16.2. The third-order valence-corrected chi connectivity index (χ3v) is 4.74. The zero-order valence-electron chi connectivity index (χ0n) is 16.4. The second kappa shape index (κ2) is 7.52. The number of aliphatic hydroxyl groups is 1. The van der Waals surface area contributed by atoms with E-state index in [1.54, 1.807) is 38.4 Å². The van der Waals surface area contributed by atoms with Gasteiger partial charge in [0.05, 0.1) is 24.8 Å². The number of hydrogen-bond acceptors (Lipinski definition) is 6. The first-order chi connectivity index (χ1) is 13.3. The van der Waals surface area contributed by atoms with E-state index in [0.717, 1.165) is 5.56 Å². The molecule has 0 bridgehead atoms. The lowest BCUT2D eigenvalue weighted by molar-refractivity contribution is 0.1000. The highest BCUT2D eigenvalue weighted by Gasteiger charge is 2.31. The number of ether oxygens (including phenoxy) is 2. The fourth-order valence-electron chi connectivity index (χ4n) is 3.33. The number of carbonyl (C=O) groups is 1.